The van der Waals surface area contributed by atoms with Crippen LogP contribution in [0, 0.1) is 6.92 Å². The highest BCUT2D eigenvalue weighted by atomic mass is 16.3. The molecule has 5 nitrogen and oxygen atoms in total. The van der Waals surface area contributed by atoms with Gasteiger partial charge in [-0.1, -0.05) is 22.9 Å². The van der Waals surface area contributed by atoms with Crippen LogP contribution in [0.2, 0.25) is 0 Å². The highest BCUT2D eigenvalue weighted by molar-refractivity contribution is 5.66. The molecule has 0 spiro atoms. The molecule has 0 aliphatic carbocycles. The van der Waals surface area contributed by atoms with Gasteiger partial charge in [0, 0.05) is 0 Å². The third-order valence-electron chi connectivity index (χ3n) is 2.74. The number of rotatable bonds is 2. The van der Waals surface area contributed by atoms with E-state index in [1.807, 2.05) is 31.2 Å². The Kier molecular flexibility index (Phi) is 2.37. The summed E-state index contributed by atoms with van der Waals surface area (Å²) in [5.41, 5.74) is 8.66. The zero-order chi connectivity index (χ0) is 12.5. The Morgan fingerprint density at radius 2 is 1.94 bits per heavy atom. The van der Waals surface area contributed by atoms with Gasteiger partial charge in [-0.05, 0) is 31.2 Å². The minimum Gasteiger partial charge on any atom is -0.463 e. The SMILES string of the molecule is Cc1ccc(-n2nnc(-c3ccco3)c2N)cc1. The Balaban J connectivity index is 2.07. The maximum Gasteiger partial charge on any atom is 0.172 e. The Morgan fingerprint density at radius 3 is 2.61 bits per heavy atom. The first-order valence-electron chi connectivity index (χ1n) is 5.58. The van der Waals surface area contributed by atoms with Crippen LogP contribution in [0.3, 0.4) is 0 Å². The molecule has 3 aromatic rings. The third kappa shape index (κ3) is 1.66. The van der Waals surface area contributed by atoms with E-state index in [1.165, 1.54) is 5.56 Å². The fourth-order valence-electron chi connectivity index (χ4n) is 1.75. The van der Waals surface area contributed by atoms with Gasteiger partial charge in [0.25, 0.3) is 0 Å². The van der Waals surface area contributed by atoms with E-state index in [4.69, 9.17) is 10.2 Å². The lowest BCUT2D eigenvalue weighted by Gasteiger charge is -2.03. The standard InChI is InChI=1S/C13H12N4O/c1-9-4-6-10(7-5-9)17-13(14)12(15-16-17)11-3-2-8-18-11/h2-8H,14H2,1H3. The number of nitrogens with two attached hydrogens (primary N) is 1. The lowest BCUT2D eigenvalue weighted by molar-refractivity contribution is 0.580. The molecule has 0 atom stereocenters. The largest absolute Gasteiger partial charge is 0.463 e. The first-order valence-corrected chi connectivity index (χ1v) is 5.58. The lowest BCUT2D eigenvalue weighted by atomic mass is 10.2. The van der Waals surface area contributed by atoms with Crippen LogP contribution in [0.5, 0.6) is 0 Å². The molecule has 2 N–H and O–H groups in total. The van der Waals surface area contributed by atoms with E-state index in [0.717, 1.165) is 5.69 Å². The van der Waals surface area contributed by atoms with Gasteiger partial charge >= 0.3 is 0 Å². The van der Waals surface area contributed by atoms with Crippen molar-refractivity contribution in [2.75, 3.05) is 5.73 Å². The van der Waals surface area contributed by atoms with Crippen LogP contribution in [0.4, 0.5) is 5.82 Å². The minimum absolute atomic E-state index is 0.466. The maximum absolute atomic E-state index is 6.04. The Labute approximate surface area is 104 Å². The molecule has 90 valence electrons. The first-order chi connectivity index (χ1) is 8.75. The van der Waals surface area contributed by atoms with Gasteiger partial charge in [-0.2, -0.15) is 4.68 Å². The molecule has 0 saturated carbocycles. The Hall–Kier alpha value is -2.56. The molecule has 0 aliphatic rings. The van der Waals surface area contributed by atoms with Gasteiger partial charge in [-0.15, -0.1) is 5.10 Å². The molecule has 0 amide bonds. The summed E-state index contributed by atoms with van der Waals surface area (Å²) in [6, 6.07) is 11.5. The highest BCUT2D eigenvalue weighted by Gasteiger charge is 2.14. The summed E-state index contributed by atoms with van der Waals surface area (Å²) in [5, 5.41) is 8.10. The number of hydrogen-bond acceptors (Lipinski definition) is 4. The van der Waals surface area contributed by atoms with E-state index < -0.39 is 0 Å². The van der Waals surface area contributed by atoms with Gasteiger partial charge in [-0.25, -0.2) is 0 Å². The van der Waals surface area contributed by atoms with Gasteiger partial charge in [0.15, 0.2) is 17.3 Å². The average molecular weight is 240 g/mol. The highest BCUT2D eigenvalue weighted by Crippen LogP contribution is 2.25. The second kappa shape index (κ2) is 4.03. The zero-order valence-corrected chi connectivity index (χ0v) is 9.87. The van der Waals surface area contributed by atoms with Gasteiger partial charge in [0.05, 0.1) is 12.0 Å². The van der Waals surface area contributed by atoms with Gasteiger partial charge in [0.2, 0.25) is 0 Å². The van der Waals surface area contributed by atoms with E-state index >= 15 is 0 Å². The first kappa shape index (κ1) is 10.6. The molecule has 18 heavy (non-hydrogen) atoms. The molecular weight excluding hydrogens is 228 g/mol. The van der Waals surface area contributed by atoms with Gasteiger partial charge in [-0.3, -0.25) is 0 Å². The quantitative estimate of drug-likeness (QED) is 0.746. The summed E-state index contributed by atoms with van der Waals surface area (Å²) in [5.74, 6) is 1.08. The van der Waals surface area contributed by atoms with Crippen LogP contribution >= 0.6 is 0 Å². The fourth-order valence-corrected chi connectivity index (χ4v) is 1.75. The maximum atomic E-state index is 6.04. The van der Waals surface area contributed by atoms with Crippen molar-refractivity contribution in [3.63, 3.8) is 0 Å². The molecule has 0 unspecified atom stereocenters. The molecule has 0 radical (unpaired) electrons. The summed E-state index contributed by atoms with van der Waals surface area (Å²) >= 11 is 0. The van der Waals surface area contributed by atoms with E-state index in [2.05, 4.69) is 10.3 Å². The van der Waals surface area contributed by atoms with Crippen molar-refractivity contribution >= 4 is 5.82 Å². The third-order valence-corrected chi connectivity index (χ3v) is 2.74. The molecular formula is C13H12N4O. The second-order valence-electron chi connectivity index (χ2n) is 4.05. The second-order valence-corrected chi connectivity index (χ2v) is 4.05. The fraction of sp³-hybridized carbons (Fsp3) is 0.0769. The van der Waals surface area contributed by atoms with Crippen LogP contribution in [0.1, 0.15) is 5.56 Å². The molecule has 3 rings (SSSR count). The monoisotopic (exact) mass is 240 g/mol. The van der Waals surface area contributed by atoms with Crippen molar-refractivity contribution in [2.45, 2.75) is 6.92 Å². The number of furan rings is 1. The van der Waals surface area contributed by atoms with Crippen LogP contribution in [0.15, 0.2) is 47.1 Å². The van der Waals surface area contributed by atoms with Gasteiger partial charge < -0.3 is 10.2 Å². The number of aromatic nitrogens is 3. The van der Waals surface area contributed by atoms with Crippen molar-refractivity contribution < 1.29 is 4.42 Å². The van der Waals surface area contributed by atoms with Crippen LogP contribution < -0.4 is 5.73 Å². The van der Waals surface area contributed by atoms with Crippen molar-refractivity contribution in [3.8, 4) is 17.1 Å². The van der Waals surface area contributed by atoms with Crippen LogP contribution in [0.25, 0.3) is 17.1 Å². The van der Waals surface area contributed by atoms with Crippen LogP contribution in [-0.2, 0) is 0 Å². The Bertz CT molecular complexity index is 653. The predicted molar refractivity (Wildman–Crippen MR) is 68.2 cm³/mol. The summed E-state index contributed by atoms with van der Waals surface area (Å²) in [6.45, 7) is 2.03. The smallest absolute Gasteiger partial charge is 0.172 e. The van der Waals surface area contributed by atoms with E-state index in [9.17, 15) is 0 Å². The summed E-state index contributed by atoms with van der Waals surface area (Å²) in [4.78, 5) is 0. The minimum atomic E-state index is 0.466. The summed E-state index contributed by atoms with van der Waals surface area (Å²) < 4.78 is 6.87. The van der Waals surface area contributed by atoms with E-state index in [-0.39, 0.29) is 0 Å². The molecule has 2 heterocycles. The topological polar surface area (TPSA) is 69.9 Å². The molecule has 1 aromatic carbocycles. The summed E-state index contributed by atoms with van der Waals surface area (Å²) in [7, 11) is 0. The average Bonchev–Trinajstić information content (AvgIpc) is 2.99. The van der Waals surface area contributed by atoms with E-state index in [0.29, 0.717) is 17.3 Å². The van der Waals surface area contributed by atoms with Crippen molar-refractivity contribution in [3.05, 3.63) is 48.2 Å². The molecule has 0 aliphatic heterocycles. The number of hydrogen-bond donors (Lipinski definition) is 1. The molecule has 0 saturated heterocycles. The van der Waals surface area contributed by atoms with Crippen molar-refractivity contribution in [1.82, 2.24) is 15.0 Å². The van der Waals surface area contributed by atoms with Crippen molar-refractivity contribution in [1.29, 1.82) is 0 Å². The Morgan fingerprint density at radius 1 is 1.17 bits per heavy atom. The molecule has 5 heteroatoms. The molecule has 0 bridgehead atoms. The zero-order valence-electron chi connectivity index (χ0n) is 9.87. The normalized spacial score (nSPS) is 10.7. The van der Waals surface area contributed by atoms with E-state index in [1.54, 1.807) is 23.1 Å². The van der Waals surface area contributed by atoms with Gasteiger partial charge in [0.1, 0.15) is 0 Å². The summed E-state index contributed by atoms with van der Waals surface area (Å²) in [6.07, 6.45) is 1.58. The number of benzene rings is 1. The lowest BCUT2D eigenvalue weighted by Crippen LogP contribution is -2.02. The van der Waals surface area contributed by atoms with Crippen molar-refractivity contribution in [2.24, 2.45) is 0 Å². The number of aryl methyl sites for hydroxylation is 1. The van der Waals surface area contributed by atoms with Crippen LogP contribution in [-0.4, -0.2) is 15.0 Å². The number of nitrogens with zero attached hydrogens (tertiary/aromatic N) is 3. The molecule has 2 aromatic heterocycles. The predicted octanol–water partition coefficient (Wildman–Crippen LogP) is 2.42. The number of anilines is 1. The molecule has 0 fully saturated rings. The number of nitrogen functional groups attached to an aromatic ring is 1.